The minimum absolute atomic E-state index is 0.00176. The van der Waals surface area contributed by atoms with Crippen molar-refractivity contribution >= 4 is 5.91 Å². The van der Waals surface area contributed by atoms with E-state index >= 15 is 0 Å². The summed E-state index contributed by atoms with van der Waals surface area (Å²) in [5.41, 5.74) is 5.67. The van der Waals surface area contributed by atoms with Crippen LogP contribution in [0.2, 0.25) is 0 Å². The first kappa shape index (κ1) is 12.4. The van der Waals surface area contributed by atoms with Crippen LogP contribution in [0, 0.1) is 0 Å². The van der Waals surface area contributed by atoms with Crippen molar-refractivity contribution in [2.75, 3.05) is 6.54 Å². The highest BCUT2D eigenvalue weighted by molar-refractivity contribution is 5.81. The summed E-state index contributed by atoms with van der Waals surface area (Å²) in [4.78, 5) is 11.3. The highest BCUT2D eigenvalue weighted by Crippen LogP contribution is 1.97. The first-order chi connectivity index (χ1) is 6.22. The van der Waals surface area contributed by atoms with Gasteiger partial charge in [-0.2, -0.15) is 0 Å². The highest BCUT2D eigenvalue weighted by Gasteiger charge is 2.10. The molecule has 0 fully saturated rings. The molecule has 0 aliphatic carbocycles. The van der Waals surface area contributed by atoms with Gasteiger partial charge in [0.05, 0.1) is 6.04 Å². The Morgan fingerprint density at radius 2 is 1.92 bits per heavy atom. The van der Waals surface area contributed by atoms with E-state index in [1.165, 1.54) is 0 Å². The van der Waals surface area contributed by atoms with Gasteiger partial charge in [0.15, 0.2) is 0 Å². The minimum Gasteiger partial charge on any atom is -0.355 e. The van der Waals surface area contributed by atoms with Gasteiger partial charge >= 0.3 is 0 Å². The number of carbonyl (C=O) groups is 1. The summed E-state index contributed by atoms with van der Waals surface area (Å²) in [5.74, 6) is 0.00176. The molecule has 0 bridgehead atoms. The SMILES string of the molecule is CCCCNC(=O)[C@@H](N)CCCC. The third-order valence-corrected chi connectivity index (χ3v) is 2.04. The van der Waals surface area contributed by atoms with E-state index in [2.05, 4.69) is 19.2 Å². The van der Waals surface area contributed by atoms with Crippen LogP contribution in [0.25, 0.3) is 0 Å². The van der Waals surface area contributed by atoms with E-state index in [-0.39, 0.29) is 11.9 Å². The van der Waals surface area contributed by atoms with Gasteiger partial charge in [0.2, 0.25) is 5.91 Å². The van der Waals surface area contributed by atoms with Crippen LogP contribution in [0.5, 0.6) is 0 Å². The Morgan fingerprint density at radius 1 is 1.31 bits per heavy atom. The molecule has 0 aliphatic heterocycles. The molecule has 13 heavy (non-hydrogen) atoms. The van der Waals surface area contributed by atoms with E-state index in [1.807, 2.05) is 0 Å². The van der Waals surface area contributed by atoms with Crippen molar-refractivity contribution in [1.82, 2.24) is 5.32 Å². The number of nitrogens with one attached hydrogen (secondary N) is 1. The fraction of sp³-hybridized carbons (Fsp3) is 0.900. The lowest BCUT2D eigenvalue weighted by Crippen LogP contribution is -2.40. The number of amides is 1. The van der Waals surface area contributed by atoms with Crippen molar-refractivity contribution < 1.29 is 4.79 Å². The van der Waals surface area contributed by atoms with Gasteiger partial charge in [-0.15, -0.1) is 0 Å². The van der Waals surface area contributed by atoms with Gasteiger partial charge < -0.3 is 11.1 Å². The Bertz CT molecular complexity index is 137. The van der Waals surface area contributed by atoms with Gasteiger partial charge in [-0.25, -0.2) is 0 Å². The van der Waals surface area contributed by atoms with Crippen LogP contribution in [0.15, 0.2) is 0 Å². The van der Waals surface area contributed by atoms with E-state index in [0.29, 0.717) is 0 Å². The standard InChI is InChI=1S/C10H22N2O/c1-3-5-7-9(11)10(13)12-8-6-4-2/h9H,3-8,11H2,1-2H3,(H,12,13)/t9-/m0/s1. The number of unbranched alkanes of at least 4 members (excludes halogenated alkanes) is 2. The maximum absolute atomic E-state index is 11.3. The van der Waals surface area contributed by atoms with Gasteiger partial charge in [0, 0.05) is 6.54 Å². The third kappa shape index (κ3) is 6.58. The molecule has 0 aliphatic rings. The summed E-state index contributed by atoms with van der Waals surface area (Å²) in [5, 5.41) is 2.83. The maximum Gasteiger partial charge on any atom is 0.236 e. The van der Waals surface area contributed by atoms with Crippen LogP contribution in [0.1, 0.15) is 46.0 Å². The van der Waals surface area contributed by atoms with Crippen LogP contribution in [0.4, 0.5) is 0 Å². The second-order valence-electron chi connectivity index (χ2n) is 3.39. The van der Waals surface area contributed by atoms with E-state index in [4.69, 9.17) is 5.73 Å². The summed E-state index contributed by atoms with van der Waals surface area (Å²) in [6.45, 7) is 4.96. The normalized spacial score (nSPS) is 12.5. The summed E-state index contributed by atoms with van der Waals surface area (Å²) in [6.07, 6.45) is 5.06. The fourth-order valence-corrected chi connectivity index (χ4v) is 1.07. The molecule has 1 amide bonds. The van der Waals surface area contributed by atoms with Crippen LogP contribution in [-0.2, 0) is 4.79 Å². The van der Waals surface area contributed by atoms with Crippen LogP contribution < -0.4 is 11.1 Å². The van der Waals surface area contributed by atoms with E-state index in [9.17, 15) is 4.79 Å². The van der Waals surface area contributed by atoms with Crippen molar-refractivity contribution in [2.24, 2.45) is 5.73 Å². The summed E-state index contributed by atoms with van der Waals surface area (Å²) >= 11 is 0. The molecule has 3 nitrogen and oxygen atoms in total. The lowest BCUT2D eigenvalue weighted by Gasteiger charge is -2.10. The van der Waals surface area contributed by atoms with Gasteiger partial charge in [0.25, 0.3) is 0 Å². The highest BCUT2D eigenvalue weighted by atomic mass is 16.2. The van der Waals surface area contributed by atoms with E-state index < -0.39 is 0 Å². The first-order valence-corrected chi connectivity index (χ1v) is 5.25. The lowest BCUT2D eigenvalue weighted by molar-refractivity contribution is -0.122. The molecule has 0 aromatic heterocycles. The Labute approximate surface area is 81.1 Å². The zero-order valence-corrected chi connectivity index (χ0v) is 8.81. The largest absolute Gasteiger partial charge is 0.355 e. The molecule has 0 spiro atoms. The molecular formula is C10H22N2O. The maximum atomic E-state index is 11.3. The molecule has 3 heteroatoms. The van der Waals surface area contributed by atoms with E-state index in [0.717, 1.165) is 38.6 Å². The summed E-state index contributed by atoms with van der Waals surface area (Å²) in [6, 6.07) is -0.309. The number of hydrogen-bond acceptors (Lipinski definition) is 2. The Morgan fingerprint density at radius 3 is 2.46 bits per heavy atom. The Hall–Kier alpha value is -0.570. The smallest absolute Gasteiger partial charge is 0.236 e. The van der Waals surface area contributed by atoms with Crippen LogP contribution in [0.3, 0.4) is 0 Å². The Balaban J connectivity index is 3.45. The van der Waals surface area contributed by atoms with Crippen molar-refractivity contribution in [3.8, 4) is 0 Å². The molecule has 0 unspecified atom stereocenters. The molecule has 78 valence electrons. The third-order valence-electron chi connectivity index (χ3n) is 2.04. The molecule has 0 saturated heterocycles. The van der Waals surface area contributed by atoms with Gasteiger partial charge in [-0.3, -0.25) is 4.79 Å². The molecule has 1 atom stereocenters. The van der Waals surface area contributed by atoms with E-state index in [1.54, 1.807) is 0 Å². The number of hydrogen-bond donors (Lipinski definition) is 2. The van der Waals surface area contributed by atoms with Gasteiger partial charge in [-0.1, -0.05) is 33.1 Å². The molecule has 0 aromatic rings. The monoisotopic (exact) mass is 186 g/mol. The lowest BCUT2D eigenvalue weighted by atomic mass is 10.1. The number of nitrogens with two attached hydrogens (primary N) is 1. The zero-order valence-electron chi connectivity index (χ0n) is 8.81. The average molecular weight is 186 g/mol. The second kappa shape index (κ2) is 8.05. The van der Waals surface area contributed by atoms with Gasteiger partial charge in [0.1, 0.15) is 0 Å². The van der Waals surface area contributed by atoms with Crippen LogP contribution >= 0.6 is 0 Å². The predicted molar refractivity (Wildman–Crippen MR) is 55.4 cm³/mol. The molecule has 0 saturated carbocycles. The fourth-order valence-electron chi connectivity index (χ4n) is 1.07. The average Bonchev–Trinajstić information content (AvgIpc) is 2.14. The predicted octanol–water partition coefficient (Wildman–Crippen LogP) is 1.42. The molecule has 0 radical (unpaired) electrons. The molecule has 0 aromatic carbocycles. The first-order valence-electron chi connectivity index (χ1n) is 5.25. The van der Waals surface area contributed by atoms with Crippen LogP contribution in [-0.4, -0.2) is 18.5 Å². The zero-order chi connectivity index (χ0) is 10.1. The number of carbonyl (C=O) groups excluding carboxylic acids is 1. The van der Waals surface area contributed by atoms with Gasteiger partial charge in [-0.05, 0) is 12.8 Å². The molecule has 0 heterocycles. The second-order valence-corrected chi connectivity index (χ2v) is 3.39. The number of rotatable bonds is 7. The molecule has 3 N–H and O–H groups in total. The topological polar surface area (TPSA) is 55.1 Å². The molecule has 0 rings (SSSR count). The molecular weight excluding hydrogens is 164 g/mol. The van der Waals surface area contributed by atoms with Crippen molar-refractivity contribution in [3.63, 3.8) is 0 Å². The summed E-state index contributed by atoms with van der Waals surface area (Å²) in [7, 11) is 0. The Kier molecular flexibility index (Phi) is 7.69. The van der Waals surface area contributed by atoms with Crippen molar-refractivity contribution in [2.45, 2.75) is 52.0 Å². The van der Waals surface area contributed by atoms with Crippen molar-refractivity contribution in [3.05, 3.63) is 0 Å². The minimum atomic E-state index is -0.309. The summed E-state index contributed by atoms with van der Waals surface area (Å²) < 4.78 is 0. The van der Waals surface area contributed by atoms with Crippen molar-refractivity contribution in [1.29, 1.82) is 0 Å². The quantitative estimate of drug-likeness (QED) is 0.591.